The van der Waals surface area contributed by atoms with Gasteiger partial charge < -0.3 is 39.7 Å². The largest absolute Gasteiger partial charge is 0.377 e. The Labute approximate surface area is 259 Å². The third-order valence-electron chi connectivity index (χ3n) is 8.57. The normalized spacial score (nSPS) is 21.3. The van der Waals surface area contributed by atoms with Gasteiger partial charge in [0.05, 0.1) is 38.5 Å². The van der Waals surface area contributed by atoms with Gasteiger partial charge in [-0.2, -0.15) is 15.0 Å². The molecule has 12 nitrogen and oxygen atoms in total. The number of morpholine rings is 2. The number of nitrogens with zero attached hydrogens (tertiary/aromatic N) is 7. The van der Waals surface area contributed by atoms with E-state index in [2.05, 4.69) is 63.1 Å². The highest BCUT2D eigenvalue weighted by atomic mass is 16.5. The molecule has 234 valence electrons. The lowest BCUT2D eigenvalue weighted by Gasteiger charge is -2.36. The summed E-state index contributed by atoms with van der Waals surface area (Å²) in [6.45, 7) is 15.7. The molecular weight excluding hydrogens is 558 g/mol. The first kappa shape index (κ1) is 30.0. The highest BCUT2D eigenvalue weighted by Crippen LogP contribution is 2.26. The molecule has 2 atom stereocenters. The Morgan fingerprint density at radius 2 is 1.27 bits per heavy atom. The van der Waals surface area contributed by atoms with Crippen LogP contribution < -0.4 is 25.3 Å². The van der Waals surface area contributed by atoms with Crippen LogP contribution in [0.25, 0.3) is 11.4 Å². The van der Waals surface area contributed by atoms with Crippen LogP contribution in [0.15, 0.2) is 48.5 Å². The average molecular weight is 602 g/mol. The molecule has 2 N–H and O–H groups in total. The summed E-state index contributed by atoms with van der Waals surface area (Å²) >= 11 is 0. The number of urea groups is 1. The number of hydrogen-bond donors (Lipinski definition) is 2. The van der Waals surface area contributed by atoms with Crippen molar-refractivity contribution in [3.05, 3.63) is 48.5 Å². The highest BCUT2D eigenvalue weighted by Gasteiger charge is 2.27. The highest BCUT2D eigenvalue weighted by molar-refractivity contribution is 5.99. The quantitative estimate of drug-likeness (QED) is 0.415. The van der Waals surface area contributed by atoms with Crippen molar-refractivity contribution < 1.29 is 14.3 Å². The molecule has 0 aliphatic carbocycles. The molecule has 3 aliphatic heterocycles. The number of rotatable bonds is 7. The number of carbonyl (C=O) groups excluding carboxylic acids is 1. The van der Waals surface area contributed by atoms with Gasteiger partial charge in [-0.05, 0) is 68.9 Å². The lowest BCUT2D eigenvalue weighted by atomic mass is 10.2. The van der Waals surface area contributed by atoms with Gasteiger partial charge in [0.15, 0.2) is 5.82 Å². The van der Waals surface area contributed by atoms with E-state index in [4.69, 9.17) is 24.4 Å². The maximum absolute atomic E-state index is 12.8. The lowest BCUT2D eigenvalue weighted by molar-refractivity contribution is 0.0969. The van der Waals surface area contributed by atoms with Crippen LogP contribution in [0, 0.1) is 0 Å². The van der Waals surface area contributed by atoms with Crippen molar-refractivity contribution in [2.45, 2.75) is 32.9 Å². The fraction of sp³-hybridized carbons (Fsp3) is 0.500. The van der Waals surface area contributed by atoms with Crippen LogP contribution in [-0.2, 0) is 9.47 Å². The van der Waals surface area contributed by atoms with Crippen LogP contribution in [0.2, 0.25) is 0 Å². The monoisotopic (exact) mass is 601 g/mol. The van der Waals surface area contributed by atoms with E-state index in [-0.39, 0.29) is 18.1 Å². The number of nitrogens with one attached hydrogen (secondary N) is 2. The van der Waals surface area contributed by atoms with Crippen LogP contribution in [0.5, 0.6) is 0 Å². The predicted octanol–water partition coefficient (Wildman–Crippen LogP) is 3.77. The maximum atomic E-state index is 12.8. The van der Waals surface area contributed by atoms with Crippen LogP contribution in [-0.4, -0.2) is 110 Å². The number of aromatic nitrogens is 3. The summed E-state index contributed by atoms with van der Waals surface area (Å²) in [6, 6.07) is 15.6. The predicted molar refractivity (Wildman–Crippen MR) is 174 cm³/mol. The van der Waals surface area contributed by atoms with Gasteiger partial charge in [0.1, 0.15) is 0 Å². The number of piperazine rings is 1. The zero-order valence-electron chi connectivity index (χ0n) is 25.9. The van der Waals surface area contributed by atoms with E-state index in [1.165, 1.54) is 5.69 Å². The van der Waals surface area contributed by atoms with Crippen LogP contribution in [0.1, 0.15) is 20.8 Å². The van der Waals surface area contributed by atoms with Gasteiger partial charge in [0.2, 0.25) is 11.9 Å². The summed E-state index contributed by atoms with van der Waals surface area (Å²) in [5.41, 5.74) is 3.45. The molecule has 1 aromatic heterocycles. The number of likely N-dealkylation sites (N-methyl/N-ethyl adjacent to an activating group) is 1. The number of ether oxygens (including phenoxy) is 2. The van der Waals surface area contributed by atoms with Gasteiger partial charge in [-0.15, -0.1) is 0 Å². The van der Waals surface area contributed by atoms with Crippen molar-refractivity contribution in [3.8, 4) is 11.4 Å². The molecule has 0 unspecified atom stereocenters. The van der Waals surface area contributed by atoms with Gasteiger partial charge in [0.25, 0.3) is 0 Å². The molecule has 0 bridgehead atoms. The maximum Gasteiger partial charge on any atom is 0.323 e. The minimum absolute atomic E-state index is 0.159. The second-order valence-corrected chi connectivity index (χ2v) is 11.6. The number of hydrogen-bond acceptors (Lipinski definition) is 10. The van der Waals surface area contributed by atoms with E-state index in [1.54, 1.807) is 0 Å². The Bertz CT molecular complexity index is 1360. The van der Waals surface area contributed by atoms with E-state index in [9.17, 15) is 4.79 Å². The zero-order chi connectivity index (χ0) is 30.5. The fourth-order valence-corrected chi connectivity index (χ4v) is 5.86. The molecule has 3 aromatic rings. The first-order valence-electron chi connectivity index (χ1n) is 15.7. The number of carbonyl (C=O) groups is 1. The van der Waals surface area contributed by atoms with Gasteiger partial charge in [-0.3, -0.25) is 0 Å². The third kappa shape index (κ3) is 7.03. The average Bonchev–Trinajstić information content (AvgIpc) is 3.06. The second kappa shape index (κ2) is 13.7. The van der Waals surface area contributed by atoms with E-state index in [0.29, 0.717) is 49.8 Å². The van der Waals surface area contributed by atoms with E-state index in [1.807, 2.05) is 36.4 Å². The molecule has 4 heterocycles. The molecule has 3 saturated heterocycles. The van der Waals surface area contributed by atoms with Crippen LogP contribution >= 0.6 is 0 Å². The Morgan fingerprint density at radius 3 is 1.77 bits per heavy atom. The van der Waals surface area contributed by atoms with Crippen molar-refractivity contribution in [2.24, 2.45) is 0 Å². The molecule has 2 amide bonds. The first-order chi connectivity index (χ1) is 21.5. The molecule has 6 rings (SSSR count). The minimum atomic E-state index is -0.297. The molecule has 0 spiro atoms. The molecule has 0 saturated carbocycles. The van der Waals surface area contributed by atoms with Crippen molar-refractivity contribution in [2.75, 3.05) is 97.6 Å². The Morgan fingerprint density at radius 1 is 0.750 bits per heavy atom. The van der Waals surface area contributed by atoms with Gasteiger partial charge in [-0.1, -0.05) is 6.92 Å². The molecule has 3 aliphatic rings. The number of benzene rings is 2. The van der Waals surface area contributed by atoms with E-state index in [0.717, 1.165) is 57.1 Å². The summed E-state index contributed by atoms with van der Waals surface area (Å²) in [4.78, 5) is 36.6. The summed E-state index contributed by atoms with van der Waals surface area (Å²) in [5.74, 6) is 1.89. The fourth-order valence-electron chi connectivity index (χ4n) is 5.86. The van der Waals surface area contributed by atoms with Crippen LogP contribution in [0.3, 0.4) is 0 Å². The van der Waals surface area contributed by atoms with Gasteiger partial charge >= 0.3 is 6.03 Å². The van der Waals surface area contributed by atoms with Gasteiger partial charge in [-0.25, -0.2) is 4.79 Å². The van der Waals surface area contributed by atoms with Gasteiger partial charge in [0, 0.05) is 61.9 Å². The topological polar surface area (TPSA) is 111 Å². The van der Waals surface area contributed by atoms with E-state index < -0.39 is 0 Å². The lowest BCUT2D eigenvalue weighted by Crippen LogP contribution is -2.46. The first-order valence-corrected chi connectivity index (χ1v) is 15.7. The molecule has 3 fully saturated rings. The van der Waals surface area contributed by atoms with Crippen molar-refractivity contribution in [3.63, 3.8) is 0 Å². The summed E-state index contributed by atoms with van der Waals surface area (Å²) < 4.78 is 11.3. The summed E-state index contributed by atoms with van der Waals surface area (Å²) in [7, 11) is 0. The summed E-state index contributed by atoms with van der Waals surface area (Å²) in [6.07, 6.45) is 0. The van der Waals surface area contributed by atoms with E-state index >= 15 is 0 Å². The number of anilines is 5. The molecular formula is C32H43N9O3. The SMILES string of the molecule is CCN1CCN(c2ccc(NC(=O)Nc3ccc(-c4nc(N5CCOC[C@H]5C)nc(N5CCOC[C@H]5C)n4)cc3)cc2)CC1. The third-order valence-corrected chi connectivity index (χ3v) is 8.57. The van der Waals surface area contributed by atoms with Crippen molar-refractivity contribution >= 4 is 35.0 Å². The van der Waals surface area contributed by atoms with Crippen LogP contribution in [0.4, 0.5) is 33.8 Å². The Kier molecular flexibility index (Phi) is 9.39. The summed E-state index contributed by atoms with van der Waals surface area (Å²) in [5, 5.41) is 5.87. The second-order valence-electron chi connectivity index (χ2n) is 11.6. The molecule has 44 heavy (non-hydrogen) atoms. The Hall–Kier alpha value is -4.00. The Balaban J connectivity index is 1.13. The van der Waals surface area contributed by atoms with Crippen molar-refractivity contribution in [1.29, 1.82) is 0 Å². The number of amides is 2. The standard InChI is InChI=1S/C32H43N9O3/c1-4-38-13-15-39(16-14-38)28-11-9-27(10-12-28)34-32(42)33-26-7-5-25(6-8-26)29-35-30(40-17-19-43-21-23(40)2)37-31(36-29)41-18-20-44-22-24(41)3/h5-12,23-24H,4,13-22H2,1-3H3,(H2,33,34,42)/t23-,24-/m1/s1. The molecule has 12 heteroatoms. The minimum Gasteiger partial charge on any atom is -0.377 e. The van der Waals surface area contributed by atoms with Crippen molar-refractivity contribution in [1.82, 2.24) is 19.9 Å². The molecule has 0 radical (unpaired) electrons. The smallest absolute Gasteiger partial charge is 0.323 e. The zero-order valence-corrected chi connectivity index (χ0v) is 25.9. The molecule has 2 aromatic carbocycles.